The molecule has 0 aromatic heterocycles. The number of ketones is 1. The summed E-state index contributed by atoms with van der Waals surface area (Å²) < 4.78 is 1.18. The molecule has 1 saturated carbocycles. The van der Waals surface area contributed by atoms with Gasteiger partial charge in [0.2, 0.25) is 0 Å². The lowest BCUT2D eigenvalue weighted by molar-refractivity contribution is -0.120. The largest absolute Gasteiger partial charge is 0.299 e. The molecule has 2 unspecified atom stereocenters. The first-order valence-electron chi connectivity index (χ1n) is 5.65. The molecule has 0 aliphatic heterocycles. The molecule has 2 heteroatoms. The van der Waals surface area contributed by atoms with Gasteiger partial charge in [0.25, 0.3) is 0 Å². The fourth-order valence-electron chi connectivity index (χ4n) is 1.72. The van der Waals surface area contributed by atoms with Crippen molar-refractivity contribution >= 4 is 28.4 Å². The summed E-state index contributed by atoms with van der Waals surface area (Å²) in [5.41, 5.74) is 0. The van der Waals surface area contributed by atoms with Gasteiger partial charge in [0.05, 0.1) is 0 Å². The Balaban J connectivity index is 2.01. The molecule has 1 nitrogen and oxygen atoms in total. The van der Waals surface area contributed by atoms with Crippen LogP contribution in [0.5, 0.6) is 0 Å². The second-order valence-corrected chi connectivity index (χ2v) is 5.13. The maximum atomic E-state index is 11.6. The molecule has 0 amide bonds. The van der Waals surface area contributed by atoms with Gasteiger partial charge >= 0.3 is 0 Å². The molecule has 2 atom stereocenters. The Morgan fingerprint density at radius 2 is 2.13 bits per heavy atom. The SMILES string of the molecule is C=CC1CC1C(=O)CCC/C=C\CCI. The summed E-state index contributed by atoms with van der Waals surface area (Å²) in [6.07, 6.45) is 11.3. The third kappa shape index (κ3) is 4.96. The van der Waals surface area contributed by atoms with E-state index in [2.05, 4.69) is 41.3 Å². The van der Waals surface area contributed by atoms with Gasteiger partial charge in [-0.05, 0) is 31.6 Å². The summed E-state index contributed by atoms with van der Waals surface area (Å²) in [6, 6.07) is 0. The molecule has 0 aromatic carbocycles. The minimum absolute atomic E-state index is 0.320. The Morgan fingerprint density at radius 3 is 2.73 bits per heavy atom. The monoisotopic (exact) mass is 318 g/mol. The molecular weight excluding hydrogens is 299 g/mol. The first-order valence-corrected chi connectivity index (χ1v) is 7.18. The number of halogens is 1. The fourth-order valence-corrected chi connectivity index (χ4v) is 2.08. The van der Waals surface area contributed by atoms with E-state index >= 15 is 0 Å². The standard InChI is InChI=1S/C13H19IO/c1-2-11-10-12(11)13(15)8-6-4-3-5-7-9-14/h2-3,5,11-12H,1,4,6-10H2/b5-3-. The van der Waals surface area contributed by atoms with Crippen LogP contribution in [0, 0.1) is 11.8 Å². The molecule has 0 aromatic rings. The van der Waals surface area contributed by atoms with Crippen molar-refractivity contribution in [2.45, 2.75) is 32.1 Å². The smallest absolute Gasteiger partial charge is 0.136 e. The molecule has 0 radical (unpaired) electrons. The number of alkyl halides is 1. The van der Waals surface area contributed by atoms with Gasteiger partial charge < -0.3 is 0 Å². The van der Waals surface area contributed by atoms with Crippen LogP contribution in [0.3, 0.4) is 0 Å². The Kier molecular flexibility index (Phi) is 6.22. The van der Waals surface area contributed by atoms with Gasteiger partial charge in [-0.2, -0.15) is 0 Å². The molecule has 1 fully saturated rings. The maximum Gasteiger partial charge on any atom is 0.136 e. The summed E-state index contributed by atoms with van der Waals surface area (Å²) >= 11 is 2.37. The summed E-state index contributed by atoms with van der Waals surface area (Å²) in [4.78, 5) is 11.6. The quantitative estimate of drug-likeness (QED) is 0.287. The van der Waals surface area contributed by atoms with Crippen LogP contribution in [0.4, 0.5) is 0 Å². The number of hydrogen-bond acceptors (Lipinski definition) is 1. The lowest BCUT2D eigenvalue weighted by Crippen LogP contribution is -2.01. The molecule has 0 heterocycles. The molecule has 0 N–H and O–H groups in total. The van der Waals surface area contributed by atoms with Crippen LogP contribution in [0.1, 0.15) is 32.1 Å². The number of allylic oxidation sites excluding steroid dienone is 3. The van der Waals surface area contributed by atoms with Gasteiger partial charge in [-0.1, -0.05) is 40.8 Å². The van der Waals surface area contributed by atoms with Crippen LogP contribution >= 0.6 is 22.6 Å². The van der Waals surface area contributed by atoms with Crippen LogP contribution in [-0.4, -0.2) is 10.2 Å². The Morgan fingerprint density at radius 1 is 1.40 bits per heavy atom. The van der Waals surface area contributed by atoms with E-state index in [4.69, 9.17) is 0 Å². The van der Waals surface area contributed by atoms with Crippen molar-refractivity contribution in [1.82, 2.24) is 0 Å². The van der Waals surface area contributed by atoms with Gasteiger partial charge in [-0.25, -0.2) is 0 Å². The van der Waals surface area contributed by atoms with Gasteiger partial charge in [0.1, 0.15) is 5.78 Å². The first-order chi connectivity index (χ1) is 7.29. The molecule has 0 saturated heterocycles. The zero-order chi connectivity index (χ0) is 11.1. The van der Waals surface area contributed by atoms with Crippen LogP contribution in [-0.2, 0) is 4.79 Å². The summed E-state index contributed by atoms with van der Waals surface area (Å²) in [5, 5.41) is 0. The van der Waals surface area contributed by atoms with Gasteiger partial charge in [-0.3, -0.25) is 4.79 Å². The predicted octanol–water partition coefficient (Wildman–Crippen LogP) is 3.93. The number of rotatable bonds is 8. The highest BCUT2D eigenvalue weighted by Crippen LogP contribution is 2.40. The highest BCUT2D eigenvalue weighted by atomic mass is 127. The zero-order valence-corrected chi connectivity index (χ0v) is 11.3. The number of carbonyl (C=O) groups excluding carboxylic acids is 1. The van der Waals surface area contributed by atoms with Crippen molar-refractivity contribution in [2.24, 2.45) is 11.8 Å². The highest BCUT2D eigenvalue weighted by Gasteiger charge is 2.39. The van der Waals surface area contributed by atoms with Crippen LogP contribution in [0.15, 0.2) is 24.8 Å². The van der Waals surface area contributed by atoms with E-state index in [-0.39, 0.29) is 0 Å². The number of Topliss-reactive ketones (excluding diaryl/α,β-unsaturated/α-hetero) is 1. The van der Waals surface area contributed by atoms with E-state index < -0.39 is 0 Å². The fraction of sp³-hybridized carbons (Fsp3) is 0.615. The molecule has 84 valence electrons. The normalized spacial score (nSPS) is 24.3. The average Bonchev–Trinajstić information content (AvgIpc) is 3.02. The van der Waals surface area contributed by atoms with Gasteiger partial charge in [0, 0.05) is 16.8 Å². The number of unbranched alkanes of at least 4 members (excludes halogenated alkanes) is 1. The minimum Gasteiger partial charge on any atom is -0.299 e. The average molecular weight is 318 g/mol. The molecule has 1 rings (SSSR count). The number of carbonyl (C=O) groups is 1. The van der Waals surface area contributed by atoms with Crippen LogP contribution < -0.4 is 0 Å². The predicted molar refractivity (Wildman–Crippen MR) is 73.3 cm³/mol. The molecule has 0 spiro atoms. The van der Waals surface area contributed by atoms with E-state index in [1.54, 1.807) is 0 Å². The Labute approximate surface area is 106 Å². The van der Waals surface area contributed by atoms with Crippen LogP contribution in [0.25, 0.3) is 0 Å². The maximum absolute atomic E-state index is 11.6. The lowest BCUT2D eigenvalue weighted by Gasteiger charge is -1.96. The van der Waals surface area contributed by atoms with Crippen molar-refractivity contribution in [2.75, 3.05) is 4.43 Å². The second kappa shape index (κ2) is 7.20. The van der Waals surface area contributed by atoms with Crippen LogP contribution in [0.2, 0.25) is 0 Å². The van der Waals surface area contributed by atoms with E-state index in [1.807, 2.05) is 6.08 Å². The zero-order valence-electron chi connectivity index (χ0n) is 9.12. The van der Waals surface area contributed by atoms with E-state index in [0.717, 1.165) is 32.1 Å². The van der Waals surface area contributed by atoms with Gasteiger partial charge in [0.15, 0.2) is 0 Å². The van der Waals surface area contributed by atoms with E-state index in [0.29, 0.717) is 17.6 Å². The summed E-state index contributed by atoms with van der Waals surface area (Å²) in [7, 11) is 0. The summed E-state index contributed by atoms with van der Waals surface area (Å²) in [5.74, 6) is 1.26. The van der Waals surface area contributed by atoms with Crippen molar-refractivity contribution in [3.63, 3.8) is 0 Å². The third-order valence-corrected chi connectivity index (χ3v) is 3.42. The highest BCUT2D eigenvalue weighted by molar-refractivity contribution is 14.1. The van der Waals surface area contributed by atoms with Crippen molar-refractivity contribution in [3.05, 3.63) is 24.8 Å². The Bertz CT molecular complexity index is 245. The van der Waals surface area contributed by atoms with Crippen molar-refractivity contribution in [1.29, 1.82) is 0 Å². The molecule has 1 aliphatic rings. The van der Waals surface area contributed by atoms with Crippen molar-refractivity contribution < 1.29 is 4.79 Å². The molecule has 15 heavy (non-hydrogen) atoms. The lowest BCUT2D eigenvalue weighted by atomic mass is 10.1. The third-order valence-electron chi connectivity index (χ3n) is 2.79. The van der Waals surface area contributed by atoms with E-state index in [1.165, 1.54) is 4.43 Å². The molecule has 0 bridgehead atoms. The van der Waals surface area contributed by atoms with Crippen molar-refractivity contribution in [3.8, 4) is 0 Å². The van der Waals surface area contributed by atoms with E-state index in [9.17, 15) is 4.79 Å². The second-order valence-electron chi connectivity index (χ2n) is 4.05. The Hall–Kier alpha value is -0.120. The topological polar surface area (TPSA) is 17.1 Å². The first kappa shape index (κ1) is 12.9. The molecular formula is C13H19IO. The summed E-state index contributed by atoms with van der Waals surface area (Å²) in [6.45, 7) is 3.72. The minimum atomic E-state index is 0.320. The van der Waals surface area contributed by atoms with Gasteiger partial charge in [-0.15, -0.1) is 6.58 Å². The number of hydrogen-bond donors (Lipinski definition) is 0. The molecule has 1 aliphatic carbocycles.